The Hall–Kier alpha value is -1.63. The number of aromatic nitrogens is 3. The Bertz CT molecular complexity index is 355. The number of nitrogen functional groups attached to an aromatic ring is 1. The van der Waals surface area contributed by atoms with E-state index in [1.165, 1.54) is 0 Å². The predicted molar refractivity (Wildman–Crippen MR) is 72.6 cm³/mol. The summed E-state index contributed by atoms with van der Waals surface area (Å²) in [6.45, 7) is 6.64. The maximum absolute atomic E-state index is 8.69. The van der Waals surface area contributed by atoms with E-state index in [1.807, 2.05) is 18.7 Å². The fourth-order valence-electron chi connectivity index (χ4n) is 1.54. The van der Waals surface area contributed by atoms with E-state index in [9.17, 15) is 0 Å². The van der Waals surface area contributed by atoms with Crippen molar-refractivity contribution in [1.29, 1.82) is 0 Å². The number of anilines is 3. The third-order valence-corrected chi connectivity index (χ3v) is 2.56. The van der Waals surface area contributed by atoms with Crippen molar-refractivity contribution in [3.8, 4) is 0 Å². The van der Waals surface area contributed by atoms with E-state index in [4.69, 9.17) is 10.8 Å². The number of nitrogens with two attached hydrogens (primary N) is 1. The van der Waals surface area contributed by atoms with Gasteiger partial charge < -0.3 is 21.1 Å². The molecule has 0 aliphatic carbocycles. The number of hydrogen-bond acceptors (Lipinski definition) is 7. The molecular formula is C11H22N6O. The zero-order valence-corrected chi connectivity index (χ0v) is 11.1. The summed E-state index contributed by atoms with van der Waals surface area (Å²) in [5, 5.41) is 11.8. The first-order valence-electron chi connectivity index (χ1n) is 6.32. The number of unbranched alkanes of at least 4 members (excludes halogenated alkanes) is 1. The number of hydrogen-bond donors (Lipinski definition) is 3. The molecule has 0 spiro atoms. The normalized spacial score (nSPS) is 10.4. The molecule has 0 saturated heterocycles. The molecule has 0 radical (unpaired) electrons. The van der Waals surface area contributed by atoms with E-state index < -0.39 is 0 Å². The van der Waals surface area contributed by atoms with Gasteiger partial charge in [0.15, 0.2) is 0 Å². The molecule has 1 aromatic heterocycles. The maximum Gasteiger partial charge on any atom is 0.231 e. The molecule has 0 aromatic carbocycles. The summed E-state index contributed by atoms with van der Waals surface area (Å²) < 4.78 is 0. The highest BCUT2D eigenvalue weighted by Crippen LogP contribution is 2.11. The molecular weight excluding hydrogens is 232 g/mol. The largest absolute Gasteiger partial charge is 0.396 e. The number of nitrogens with zero attached hydrogens (tertiary/aromatic N) is 4. The fraction of sp³-hybridized carbons (Fsp3) is 0.727. The van der Waals surface area contributed by atoms with Crippen LogP contribution in [0.25, 0.3) is 0 Å². The topological polar surface area (TPSA) is 100 Å². The second-order valence-corrected chi connectivity index (χ2v) is 3.85. The molecule has 4 N–H and O–H groups in total. The van der Waals surface area contributed by atoms with Crippen LogP contribution in [0.1, 0.15) is 26.7 Å². The lowest BCUT2D eigenvalue weighted by Crippen LogP contribution is -2.25. The fourth-order valence-corrected chi connectivity index (χ4v) is 1.54. The van der Waals surface area contributed by atoms with Crippen molar-refractivity contribution >= 4 is 17.8 Å². The zero-order chi connectivity index (χ0) is 13.4. The van der Waals surface area contributed by atoms with E-state index >= 15 is 0 Å². The van der Waals surface area contributed by atoms with Crippen LogP contribution in [0.2, 0.25) is 0 Å². The molecule has 0 atom stereocenters. The van der Waals surface area contributed by atoms with Gasteiger partial charge in [-0.1, -0.05) is 0 Å². The SMILES string of the molecule is CCN(CC)c1nc(N)nc(NCCCCO)n1. The average molecular weight is 254 g/mol. The number of aliphatic hydroxyl groups is 1. The molecule has 18 heavy (non-hydrogen) atoms. The van der Waals surface area contributed by atoms with Crippen LogP contribution in [0, 0.1) is 0 Å². The predicted octanol–water partition coefficient (Wildman–Crippen LogP) is 0.484. The van der Waals surface area contributed by atoms with E-state index in [1.54, 1.807) is 0 Å². The number of nitrogens with one attached hydrogen (secondary N) is 1. The minimum absolute atomic E-state index is 0.200. The van der Waals surface area contributed by atoms with Crippen molar-refractivity contribution in [2.75, 3.05) is 42.2 Å². The second kappa shape index (κ2) is 7.65. The summed E-state index contributed by atoms with van der Waals surface area (Å²) in [5.41, 5.74) is 5.67. The Kier molecular flexibility index (Phi) is 6.13. The van der Waals surface area contributed by atoms with Crippen LogP contribution >= 0.6 is 0 Å². The summed E-state index contributed by atoms with van der Waals surface area (Å²) in [4.78, 5) is 14.5. The molecule has 0 amide bonds. The molecule has 0 bridgehead atoms. The van der Waals surface area contributed by atoms with Gasteiger partial charge in [-0.3, -0.25) is 0 Å². The Morgan fingerprint density at radius 3 is 2.50 bits per heavy atom. The minimum Gasteiger partial charge on any atom is -0.396 e. The van der Waals surface area contributed by atoms with Crippen LogP contribution in [-0.4, -0.2) is 46.3 Å². The van der Waals surface area contributed by atoms with Crippen LogP contribution in [0.5, 0.6) is 0 Å². The number of rotatable bonds is 8. The molecule has 0 unspecified atom stereocenters. The highest BCUT2D eigenvalue weighted by molar-refractivity contribution is 5.41. The van der Waals surface area contributed by atoms with Gasteiger partial charge in [0, 0.05) is 26.2 Å². The highest BCUT2D eigenvalue weighted by Gasteiger charge is 2.09. The van der Waals surface area contributed by atoms with Gasteiger partial charge in [-0.2, -0.15) is 15.0 Å². The molecule has 1 aromatic rings. The van der Waals surface area contributed by atoms with Crippen molar-refractivity contribution in [2.24, 2.45) is 0 Å². The third kappa shape index (κ3) is 4.33. The Morgan fingerprint density at radius 1 is 1.17 bits per heavy atom. The molecule has 0 aliphatic heterocycles. The highest BCUT2D eigenvalue weighted by atomic mass is 16.2. The van der Waals surface area contributed by atoms with Crippen LogP contribution in [0.15, 0.2) is 0 Å². The van der Waals surface area contributed by atoms with Crippen LogP contribution < -0.4 is 16.0 Å². The smallest absolute Gasteiger partial charge is 0.231 e. The van der Waals surface area contributed by atoms with Gasteiger partial charge in [0.25, 0.3) is 0 Å². The van der Waals surface area contributed by atoms with Crippen LogP contribution in [0.4, 0.5) is 17.8 Å². The van der Waals surface area contributed by atoms with Crippen molar-refractivity contribution in [2.45, 2.75) is 26.7 Å². The molecule has 7 nitrogen and oxygen atoms in total. The van der Waals surface area contributed by atoms with Crippen LogP contribution in [-0.2, 0) is 0 Å². The van der Waals surface area contributed by atoms with E-state index in [0.717, 1.165) is 25.9 Å². The number of aliphatic hydroxyl groups excluding tert-OH is 1. The third-order valence-electron chi connectivity index (χ3n) is 2.56. The molecule has 0 saturated carbocycles. The van der Waals surface area contributed by atoms with Crippen LogP contribution in [0.3, 0.4) is 0 Å². The van der Waals surface area contributed by atoms with Gasteiger partial charge >= 0.3 is 0 Å². The molecule has 0 aliphatic rings. The molecule has 102 valence electrons. The first kappa shape index (κ1) is 14.4. The van der Waals surface area contributed by atoms with Gasteiger partial charge in [0.05, 0.1) is 0 Å². The Balaban J connectivity index is 2.68. The maximum atomic E-state index is 8.69. The van der Waals surface area contributed by atoms with Gasteiger partial charge in [-0.05, 0) is 26.7 Å². The van der Waals surface area contributed by atoms with Gasteiger partial charge in [0.1, 0.15) is 0 Å². The van der Waals surface area contributed by atoms with E-state index in [-0.39, 0.29) is 12.6 Å². The summed E-state index contributed by atoms with van der Waals surface area (Å²) in [6, 6.07) is 0. The molecule has 7 heteroatoms. The lowest BCUT2D eigenvalue weighted by Gasteiger charge is -2.18. The summed E-state index contributed by atoms with van der Waals surface area (Å²) in [7, 11) is 0. The monoisotopic (exact) mass is 254 g/mol. The molecule has 1 rings (SSSR count). The minimum atomic E-state index is 0.200. The Morgan fingerprint density at radius 2 is 1.89 bits per heavy atom. The lowest BCUT2D eigenvalue weighted by molar-refractivity contribution is 0.286. The summed E-state index contributed by atoms with van der Waals surface area (Å²) >= 11 is 0. The zero-order valence-electron chi connectivity index (χ0n) is 11.1. The Labute approximate surface area is 107 Å². The van der Waals surface area contributed by atoms with Crippen molar-refractivity contribution in [3.05, 3.63) is 0 Å². The first-order chi connectivity index (χ1) is 8.71. The molecule has 1 heterocycles. The van der Waals surface area contributed by atoms with Gasteiger partial charge in [0.2, 0.25) is 17.8 Å². The summed E-state index contributed by atoms with van der Waals surface area (Å²) in [6.07, 6.45) is 1.62. The van der Waals surface area contributed by atoms with Gasteiger partial charge in [-0.25, -0.2) is 0 Å². The van der Waals surface area contributed by atoms with E-state index in [2.05, 4.69) is 20.3 Å². The van der Waals surface area contributed by atoms with Crippen molar-refractivity contribution in [3.63, 3.8) is 0 Å². The lowest BCUT2D eigenvalue weighted by atomic mass is 10.3. The first-order valence-corrected chi connectivity index (χ1v) is 6.32. The van der Waals surface area contributed by atoms with Crippen molar-refractivity contribution in [1.82, 2.24) is 15.0 Å². The quantitative estimate of drug-likeness (QED) is 0.580. The summed E-state index contributed by atoms with van der Waals surface area (Å²) in [5.74, 6) is 1.30. The second-order valence-electron chi connectivity index (χ2n) is 3.85. The van der Waals surface area contributed by atoms with Crippen molar-refractivity contribution < 1.29 is 5.11 Å². The average Bonchev–Trinajstić information content (AvgIpc) is 2.36. The molecule has 0 fully saturated rings. The van der Waals surface area contributed by atoms with E-state index in [0.29, 0.717) is 18.4 Å². The van der Waals surface area contributed by atoms with Gasteiger partial charge in [-0.15, -0.1) is 0 Å². The standard InChI is InChI=1S/C11H22N6O/c1-3-17(4-2)11-15-9(12)14-10(16-11)13-7-5-6-8-18/h18H,3-8H2,1-2H3,(H3,12,13,14,15,16).